The van der Waals surface area contributed by atoms with Gasteiger partial charge in [0.2, 0.25) is 10.0 Å². The highest BCUT2D eigenvalue weighted by atomic mass is 32.2. The zero-order chi connectivity index (χ0) is 18.4. The molecule has 1 heterocycles. The van der Waals surface area contributed by atoms with Crippen molar-refractivity contribution in [3.05, 3.63) is 89.6 Å². The third kappa shape index (κ3) is 5.01. The second-order valence-corrected chi connectivity index (χ2v) is 7.44. The van der Waals surface area contributed by atoms with Gasteiger partial charge in [-0.25, -0.2) is 17.5 Å². The molecule has 0 aliphatic heterocycles. The van der Waals surface area contributed by atoms with Crippen molar-refractivity contribution in [1.29, 1.82) is 0 Å². The topological polar surface area (TPSA) is 68.5 Å². The van der Waals surface area contributed by atoms with Gasteiger partial charge in [0.05, 0.1) is 17.8 Å². The summed E-state index contributed by atoms with van der Waals surface area (Å²) in [4.78, 5) is -0.101. The first-order valence-electron chi connectivity index (χ1n) is 7.96. The van der Waals surface area contributed by atoms with Gasteiger partial charge in [-0.1, -0.05) is 30.3 Å². The van der Waals surface area contributed by atoms with Crippen molar-refractivity contribution in [3.8, 4) is 0 Å². The molecule has 7 heteroatoms. The van der Waals surface area contributed by atoms with Gasteiger partial charge in [-0.15, -0.1) is 0 Å². The van der Waals surface area contributed by atoms with Crippen molar-refractivity contribution in [2.75, 3.05) is 0 Å². The molecule has 0 unspecified atom stereocenters. The van der Waals surface area contributed by atoms with Gasteiger partial charge in [-0.05, 0) is 41.5 Å². The van der Waals surface area contributed by atoms with Crippen LogP contribution < -0.4 is 4.72 Å². The van der Waals surface area contributed by atoms with E-state index in [1.165, 1.54) is 18.2 Å². The van der Waals surface area contributed by atoms with Crippen LogP contribution in [0.3, 0.4) is 0 Å². The maximum atomic E-state index is 13.2. The number of rotatable bonds is 8. The van der Waals surface area contributed by atoms with Gasteiger partial charge in [-0.2, -0.15) is 0 Å². The standard InChI is InChI=1S/C19H18FNO4S/c20-17-6-2-8-19(11-17)26(22,23)21-12-15-4-1-5-16(10-15)13-24-14-18-7-3-9-25-18/h1-11,21H,12-14H2. The Morgan fingerprint density at radius 2 is 1.77 bits per heavy atom. The van der Waals surface area contributed by atoms with Gasteiger partial charge in [0.15, 0.2) is 0 Å². The molecule has 0 aliphatic carbocycles. The zero-order valence-corrected chi connectivity index (χ0v) is 14.7. The van der Waals surface area contributed by atoms with E-state index in [2.05, 4.69) is 4.72 Å². The molecule has 0 spiro atoms. The molecule has 5 nitrogen and oxygen atoms in total. The van der Waals surface area contributed by atoms with Gasteiger partial charge in [0, 0.05) is 6.54 Å². The van der Waals surface area contributed by atoms with Gasteiger partial charge >= 0.3 is 0 Å². The fraction of sp³-hybridized carbons (Fsp3) is 0.158. The van der Waals surface area contributed by atoms with Crippen LogP contribution in [0.1, 0.15) is 16.9 Å². The van der Waals surface area contributed by atoms with E-state index < -0.39 is 15.8 Å². The molecule has 0 radical (unpaired) electrons. The van der Waals surface area contributed by atoms with Crippen molar-refractivity contribution < 1.29 is 22.0 Å². The van der Waals surface area contributed by atoms with Crippen LogP contribution in [0.15, 0.2) is 76.2 Å². The monoisotopic (exact) mass is 375 g/mol. The van der Waals surface area contributed by atoms with E-state index in [0.29, 0.717) is 13.2 Å². The van der Waals surface area contributed by atoms with E-state index in [1.807, 2.05) is 30.3 Å². The van der Waals surface area contributed by atoms with Crippen LogP contribution in [0.5, 0.6) is 0 Å². The average Bonchev–Trinajstić information content (AvgIpc) is 3.14. The summed E-state index contributed by atoms with van der Waals surface area (Å²) >= 11 is 0. The Morgan fingerprint density at radius 1 is 0.962 bits per heavy atom. The Bertz CT molecular complexity index is 955. The number of hydrogen-bond acceptors (Lipinski definition) is 4. The Labute approximate surface area is 151 Å². The molecule has 3 rings (SSSR count). The Hall–Kier alpha value is -2.48. The fourth-order valence-corrected chi connectivity index (χ4v) is 3.44. The van der Waals surface area contributed by atoms with Crippen molar-refractivity contribution >= 4 is 10.0 Å². The Kier molecular flexibility index (Phi) is 5.82. The van der Waals surface area contributed by atoms with Crippen LogP contribution in [0.25, 0.3) is 0 Å². The summed E-state index contributed by atoms with van der Waals surface area (Å²) in [7, 11) is -3.77. The van der Waals surface area contributed by atoms with E-state index in [9.17, 15) is 12.8 Å². The summed E-state index contributed by atoms with van der Waals surface area (Å²) < 4.78 is 50.9. The van der Waals surface area contributed by atoms with E-state index in [1.54, 1.807) is 12.3 Å². The smallest absolute Gasteiger partial charge is 0.240 e. The van der Waals surface area contributed by atoms with Crippen molar-refractivity contribution in [1.82, 2.24) is 4.72 Å². The van der Waals surface area contributed by atoms with Crippen LogP contribution >= 0.6 is 0 Å². The zero-order valence-electron chi connectivity index (χ0n) is 13.9. The fourth-order valence-electron chi connectivity index (χ4n) is 2.39. The van der Waals surface area contributed by atoms with Gasteiger partial charge in [0.1, 0.15) is 18.2 Å². The summed E-state index contributed by atoms with van der Waals surface area (Å²) in [5, 5.41) is 0. The van der Waals surface area contributed by atoms with Gasteiger partial charge in [0.25, 0.3) is 0 Å². The molecule has 26 heavy (non-hydrogen) atoms. The van der Waals surface area contributed by atoms with E-state index in [-0.39, 0.29) is 11.4 Å². The molecular weight excluding hydrogens is 357 g/mol. The number of furan rings is 1. The average molecular weight is 375 g/mol. The highest BCUT2D eigenvalue weighted by Gasteiger charge is 2.14. The minimum absolute atomic E-state index is 0.101. The summed E-state index contributed by atoms with van der Waals surface area (Å²) in [6, 6.07) is 15.9. The SMILES string of the molecule is O=S(=O)(NCc1cccc(COCc2ccco2)c1)c1cccc(F)c1. The molecule has 3 aromatic rings. The number of benzene rings is 2. The lowest BCUT2D eigenvalue weighted by molar-refractivity contribution is 0.0929. The second-order valence-electron chi connectivity index (χ2n) is 5.67. The van der Waals surface area contributed by atoms with Gasteiger partial charge < -0.3 is 9.15 Å². The maximum Gasteiger partial charge on any atom is 0.240 e. The quantitative estimate of drug-likeness (QED) is 0.653. The first-order valence-corrected chi connectivity index (χ1v) is 9.44. The summed E-state index contributed by atoms with van der Waals surface area (Å²) in [5.41, 5.74) is 1.70. The Morgan fingerprint density at radius 3 is 2.54 bits per heavy atom. The summed E-state index contributed by atoms with van der Waals surface area (Å²) in [6.07, 6.45) is 1.59. The van der Waals surface area contributed by atoms with Crippen LogP contribution in [0.2, 0.25) is 0 Å². The van der Waals surface area contributed by atoms with Crippen molar-refractivity contribution in [2.45, 2.75) is 24.7 Å². The lowest BCUT2D eigenvalue weighted by Crippen LogP contribution is -2.23. The predicted octanol–water partition coefficient (Wildman–Crippen LogP) is 3.61. The first-order chi connectivity index (χ1) is 12.5. The molecule has 2 aromatic carbocycles. The second kappa shape index (κ2) is 8.27. The molecule has 0 amide bonds. The van der Waals surface area contributed by atoms with Crippen LogP contribution in [-0.2, 0) is 34.5 Å². The number of hydrogen-bond donors (Lipinski definition) is 1. The van der Waals surface area contributed by atoms with Crippen LogP contribution in [0, 0.1) is 5.82 Å². The molecule has 1 aromatic heterocycles. The summed E-state index contributed by atoms with van der Waals surface area (Å²) in [5.74, 6) is 0.146. The predicted molar refractivity (Wildman–Crippen MR) is 94.1 cm³/mol. The van der Waals surface area contributed by atoms with E-state index in [0.717, 1.165) is 23.0 Å². The molecule has 0 fully saturated rings. The minimum atomic E-state index is -3.77. The molecule has 0 aliphatic rings. The van der Waals surface area contributed by atoms with E-state index in [4.69, 9.17) is 9.15 Å². The number of ether oxygens (including phenoxy) is 1. The number of sulfonamides is 1. The largest absolute Gasteiger partial charge is 0.467 e. The lowest BCUT2D eigenvalue weighted by atomic mass is 10.1. The van der Waals surface area contributed by atoms with Crippen LogP contribution in [-0.4, -0.2) is 8.42 Å². The molecule has 0 atom stereocenters. The molecular formula is C19H18FNO4S. The highest BCUT2D eigenvalue weighted by molar-refractivity contribution is 7.89. The minimum Gasteiger partial charge on any atom is -0.467 e. The summed E-state index contributed by atoms with van der Waals surface area (Å²) in [6.45, 7) is 0.847. The Balaban J connectivity index is 1.58. The molecule has 0 saturated heterocycles. The van der Waals surface area contributed by atoms with E-state index >= 15 is 0 Å². The molecule has 1 N–H and O–H groups in total. The first kappa shape index (κ1) is 18.3. The van der Waals surface area contributed by atoms with Crippen LogP contribution in [0.4, 0.5) is 4.39 Å². The highest BCUT2D eigenvalue weighted by Crippen LogP contribution is 2.13. The van der Waals surface area contributed by atoms with Gasteiger partial charge in [-0.3, -0.25) is 0 Å². The third-order valence-electron chi connectivity index (χ3n) is 3.66. The normalized spacial score (nSPS) is 11.6. The number of halogens is 1. The number of nitrogens with one attached hydrogen (secondary N) is 1. The van der Waals surface area contributed by atoms with Crippen molar-refractivity contribution in [2.24, 2.45) is 0 Å². The maximum absolute atomic E-state index is 13.2. The molecule has 0 saturated carbocycles. The molecule has 136 valence electrons. The third-order valence-corrected chi connectivity index (χ3v) is 5.06. The van der Waals surface area contributed by atoms with Crippen molar-refractivity contribution in [3.63, 3.8) is 0 Å². The molecule has 0 bridgehead atoms. The lowest BCUT2D eigenvalue weighted by Gasteiger charge is -2.09.